The normalized spacial score (nSPS) is 16.6. The average Bonchev–Trinajstić information content (AvgIpc) is 3.02. The third-order valence-corrected chi connectivity index (χ3v) is 5.05. The quantitative estimate of drug-likeness (QED) is 0.925. The average molecular weight is 325 g/mol. The molecule has 0 amide bonds. The molecule has 0 radical (unpaired) electrons. The molecule has 118 valence electrons. The molecule has 1 N–H and O–H groups in total. The molecule has 1 aromatic carbocycles. The zero-order valence-corrected chi connectivity index (χ0v) is 12.6. The van der Waals surface area contributed by atoms with Crippen molar-refractivity contribution in [3.63, 3.8) is 0 Å². The Morgan fingerprint density at radius 1 is 1.18 bits per heavy atom. The number of anilines is 1. The summed E-state index contributed by atoms with van der Waals surface area (Å²) in [7, 11) is -3.64. The van der Waals surface area contributed by atoms with Crippen LogP contribution in [-0.2, 0) is 10.2 Å². The Balaban J connectivity index is 1.79. The smallest absolute Gasteiger partial charge is 0.271 e. The fourth-order valence-corrected chi connectivity index (χ4v) is 3.70. The summed E-state index contributed by atoms with van der Waals surface area (Å²) in [5, 5.41) is 3.84. The zero-order chi connectivity index (χ0) is 15.6. The van der Waals surface area contributed by atoms with Crippen LogP contribution in [0.15, 0.2) is 30.9 Å². The van der Waals surface area contributed by atoms with Crippen molar-refractivity contribution in [2.24, 2.45) is 0 Å². The number of hydrogen-bond donors (Lipinski definition) is 1. The first-order valence-corrected chi connectivity index (χ1v) is 8.43. The second kappa shape index (κ2) is 6.01. The van der Waals surface area contributed by atoms with Crippen molar-refractivity contribution in [1.82, 2.24) is 19.1 Å². The minimum absolute atomic E-state index is 0.187. The molecule has 7 nitrogen and oxygen atoms in total. The molecular weight excluding hydrogens is 309 g/mol. The molecule has 2 aromatic rings. The maximum atomic E-state index is 14.1. The van der Waals surface area contributed by atoms with E-state index in [9.17, 15) is 12.8 Å². The molecule has 0 saturated carbocycles. The van der Waals surface area contributed by atoms with Crippen LogP contribution in [0.4, 0.5) is 10.1 Å². The van der Waals surface area contributed by atoms with E-state index in [1.807, 2.05) is 0 Å². The third-order valence-electron chi connectivity index (χ3n) is 3.52. The van der Waals surface area contributed by atoms with E-state index in [1.165, 1.54) is 33.8 Å². The first kappa shape index (κ1) is 14.9. The molecular formula is C13H16FN5O2S. The molecule has 1 saturated heterocycles. The number of aromatic nitrogens is 3. The van der Waals surface area contributed by atoms with E-state index in [4.69, 9.17) is 0 Å². The van der Waals surface area contributed by atoms with Crippen molar-refractivity contribution in [2.75, 3.05) is 17.8 Å². The highest BCUT2D eigenvalue weighted by atomic mass is 32.2. The highest BCUT2D eigenvalue weighted by molar-refractivity contribution is 7.90. The Morgan fingerprint density at radius 2 is 1.95 bits per heavy atom. The number of nitrogens with one attached hydrogen (secondary N) is 1. The monoisotopic (exact) mass is 325 g/mol. The summed E-state index contributed by atoms with van der Waals surface area (Å²) in [5.74, 6) is -0.579. The van der Waals surface area contributed by atoms with Crippen molar-refractivity contribution >= 4 is 15.9 Å². The van der Waals surface area contributed by atoms with Gasteiger partial charge in [-0.1, -0.05) is 6.42 Å². The van der Waals surface area contributed by atoms with Crippen molar-refractivity contribution < 1.29 is 12.8 Å². The van der Waals surface area contributed by atoms with Gasteiger partial charge in [0, 0.05) is 19.2 Å². The maximum Gasteiger partial charge on any atom is 0.301 e. The van der Waals surface area contributed by atoms with Crippen molar-refractivity contribution in [2.45, 2.75) is 19.3 Å². The van der Waals surface area contributed by atoms with E-state index in [2.05, 4.69) is 14.8 Å². The first-order chi connectivity index (χ1) is 10.6. The number of benzene rings is 1. The molecule has 22 heavy (non-hydrogen) atoms. The molecule has 0 aliphatic carbocycles. The fraction of sp³-hybridized carbons (Fsp3) is 0.385. The summed E-state index contributed by atoms with van der Waals surface area (Å²) in [6.07, 6.45) is 5.40. The molecule has 2 heterocycles. The van der Waals surface area contributed by atoms with Crippen LogP contribution in [0.5, 0.6) is 0 Å². The predicted octanol–water partition coefficient (Wildman–Crippen LogP) is 1.55. The van der Waals surface area contributed by atoms with Gasteiger partial charge >= 0.3 is 10.2 Å². The topological polar surface area (TPSA) is 80.1 Å². The van der Waals surface area contributed by atoms with Crippen LogP contribution in [0.2, 0.25) is 0 Å². The lowest BCUT2D eigenvalue weighted by Crippen LogP contribution is -2.39. The van der Waals surface area contributed by atoms with E-state index >= 15 is 0 Å². The number of halogens is 1. The molecule has 0 bridgehead atoms. The molecule has 3 rings (SSSR count). The highest BCUT2D eigenvalue weighted by Gasteiger charge is 2.24. The van der Waals surface area contributed by atoms with Crippen molar-refractivity contribution in [1.29, 1.82) is 0 Å². The van der Waals surface area contributed by atoms with Crippen LogP contribution in [0.1, 0.15) is 19.3 Å². The highest BCUT2D eigenvalue weighted by Crippen LogP contribution is 2.20. The summed E-state index contributed by atoms with van der Waals surface area (Å²) in [5.41, 5.74) is 0.394. The van der Waals surface area contributed by atoms with Crippen LogP contribution in [0.3, 0.4) is 0 Å². The van der Waals surface area contributed by atoms with E-state index < -0.39 is 16.0 Å². The lowest BCUT2D eigenvalue weighted by Gasteiger charge is -2.26. The van der Waals surface area contributed by atoms with Crippen LogP contribution in [-0.4, -0.2) is 40.6 Å². The fourth-order valence-electron chi connectivity index (χ4n) is 2.41. The van der Waals surface area contributed by atoms with E-state index in [-0.39, 0.29) is 11.4 Å². The molecule has 0 unspecified atom stereocenters. The molecule has 9 heteroatoms. The van der Waals surface area contributed by atoms with Crippen molar-refractivity contribution in [3.8, 4) is 5.69 Å². The number of rotatable bonds is 4. The van der Waals surface area contributed by atoms with Gasteiger partial charge in [0.2, 0.25) is 0 Å². The lowest BCUT2D eigenvalue weighted by atomic mass is 10.2. The summed E-state index contributed by atoms with van der Waals surface area (Å²) in [6, 6.07) is 4.10. The standard InChI is InChI=1S/C13H16FN5O2S/c14-12-8-11(4-5-13(12)19-10-15-9-16-19)17-22(20,21)18-6-2-1-3-7-18/h4-5,8-10,17H,1-3,6-7H2. The maximum absolute atomic E-state index is 14.1. The molecule has 1 aliphatic rings. The van der Waals surface area contributed by atoms with Crippen molar-refractivity contribution in [3.05, 3.63) is 36.7 Å². The number of piperidine rings is 1. The SMILES string of the molecule is O=S(=O)(Nc1ccc(-n2cncn2)c(F)c1)N1CCCCC1. The summed E-state index contributed by atoms with van der Waals surface area (Å²) < 4.78 is 43.7. The Kier molecular flexibility index (Phi) is 4.08. The predicted molar refractivity (Wildman–Crippen MR) is 79.3 cm³/mol. The van der Waals surface area contributed by atoms with Gasteiger partial charge in [0.05, 0.1) is 5.69 Å². The Bertz CT molecular complexity index is 742. The number of nitrogens with zero attached hydrogens (tertiary/aromatic N) is 4. The molecule has 1 fully saturated rings. The van der Waals surface area contributed by atoms with Gasteiger partial charge in [-0.15, -0.1) is 0 Å². The number of hydrogen-bond acceptors (Lipinski definition) is 4. The van der Waals surface area contributed by atoms with Crippen LogP contribution >= 0.6 is 0 Å². The van der Waals surface area contributed by atoms with Gasteiger partial charge in [-0.25, -0.2) is 14.1 Å². The minimum Gasteiger partial charge on any atom is -0.271 e. The van der Waals surface area contributed by atoms with Gasteiger partial charge in [0.25, 0.3) is 0 Å². The van der Waals surface area contributed by atoms with E-state index in [1.54, 1.807) is 0 Å². The molecule has 1 aromatic heterocycles. The lowest BCUT2D eigenvalue weighted by molar-refractivity contribution is 0.349. The van der Waals surface area contributed by atoms with Crippen LogP contribution in [0.25, 0.3) is 5.69 Å². The van der Waals surface area contributed by atoms with E-state index in [0.717, 1.165) is 25.3 Å². The Morgan fingerprint density at radius 3 is 2.59 bits per heavy atom. The summed E-state index contributed by atoms with van der Waals surface area (Å²) in [4.78, 5) is 3.75. The van der Waals surface area contributed by atoms with Crippen LogP contribution in [0, 0.1) is 5.82 Å². The van der Waals surface area contributed by atoms with Crippen LogP contribution < -0.4 is 4.72 Å². The minimum atomic E-state index is -3.64. The molecule has 0 spiro atoms. The largest absolute Gasteiger partial charge is 0.301 e. The second-order valence-electron chi connectivity index (χ2n) is 5.07. The van der Waals surface area contributed by atoms with Gasteiger partial charge < -0.3 is 0 Å². The zero-order valence-electron chi connectivity index (χ0n) is 11.8. The Hall–Kier alpha value is -2.00. The summed E-state index contributed by atoms with van der Waals surface area (Å²) in [6.45, 7) is 0.990. The van der Waals surface area contributed by atoms with Gasteiger partial charge in [0.15, 0.2) is 5.82 Å². The van der Waals surface area contributed by atoms with Gasteiger partial charge in [-0.3, -0.25) is 4.72 Å². The Labute approximate surface area is 128 Å². The summed E-state index contributed by atoms with van der Waals surface area (Å²) >= 11 is 0. The van der Waals surface area contributed by atoms with Gasteiger partial charge in [0.1, 0.15) is 18.3 Å². The molecule has 0 atom stereocenters. The second-order valence-corrected chi connectivity index (χ2v) is 6.74. The van der Waals surface area contributed by atoms with E-state index in [0.29, 0.717) is 13.1 Å². The van der Waals surface area contributed by atoms with Gasteiger partial charge in [-0.2, -0.15) is 17.8 Å². The third kappa shape index (κ3) is 3.09. The van der Waals surface area contributed by atoms with Gasteiger partial charge in [-0.05, 0) is 25.0 Å². The molecule has 1 aliphatic heterocycles. The first-order valence-electron chi connectivity index (χ1n) is 6.99.